The number of nitrogens with one attached hydrogen (secondary N) is 3. The molecular formula is C19H23BrCl2N4O2. The zero-order valence-corrected chi connectivity index (χ0v) is 18.3. The van der Waals surface area contributed by atoms with Crippen molar-refractivity contribution in [1.29, 1.82) is 0 Å². The fourth-order valence-corrected chi connectivity index (χ4v) is 3.55. The van der Waals surface area contributed by atoms with Crippen LogP contribution >= 0.6 is 39.9 Å². The summed E-state index contributed by atoms with van der Waals surface area (Å²) in [5.74, 6) is -0.125. The molecule has 6 nitrogen and oxygen atoms in total. The average Bonchev–Trinajstić information content (AvgIpc) is 2.69. The van der Waals surface area contributed by atoms with Crippen LogP contribution in [0.25, 0.3) is 0 Å². The first-order valence-corrected chi connectivity index (χ1v) is 10.1. The molecule has 3 N–H and O–H groups in total. The van der Waals surface area contributed by atoms with Crippen molar-refractivity contribution < 1.29 is 9.53 Å². The van der Waals surface area contributed by atoms with E-state index in [4.69, 9.17) is 16.3 Å². The first-order valence-electron chi connectivity index (χ1n) is 8.81. The Kier molecular flexibility index (Phi) is 9.64. The summed E-state index contributed by atoms with van der Waals surface area (Å²) in [5.41, 5.74) is 7.86. The van der Waals surface area contributed by atoms with Gasteiger partial charge in [0.2, 0.25) is 5.91 Å². The predicted molar refractivity (Wildman–Crippen MR) is 116 cm³/mol. The summed E-state index contributed by atoms with van der Waals surface area (Å²) in [7, 11) is 0. The quantitative estimate of drug-likeness (QED) is 0.392. The number of hydrazine groups is 1. The maximum Gasteiger partial charge on any atom is 0.249 e. The van der Waals surface area contributed by atoms with Crippen LogP contribution in [0.3, 0.4) is 0 Å². The third-order valence-electron chi connectivity index (χ3n) is 4.31. The maximum absolute atomic E-state index is 12.0. The molecule has 2 heterocycles. The second-order valence-electron chi connectivity index (χ2n) is 6.32. The molecule has 1 aromatic carbocycles. The van der Waals surface area contributed by atoms with Gasteiger partial charge >= 0.3 is 0 Å². The van der Waals surface area contributed by atoms with Crippen LogP contribution in [-0.4, -0.2) is 34.6 Å². The van der Waals surface area contributed by atoms with Crippen molar-refractivity contribution in [2.75, 3.05) is 6.61 Å². The first-order chi connectivity index (χ1) is 13.1. The lowest BCUT2D eigenvalue weighted by molar-refractivity contribution is -0.129. The Balaban J connectivity index is 0.00000280. The number of aryl methyl sites for hydroxylation is 1. The van der Waals surface area contributed by atoms with E-state index < -0.39 is 4.83 Å². The summed E-state index contributed by atoms with van der Waals surface area (Å²) in [6, 6.07) is 11.5. The minimum Gasteiger partial charge on any atom is -0.360 e. The molecule has 3 rings (SSSR count). The van der Waals surface area contributed by atoms with Crippen LogP contribution in [0.2, 0.25) is 5.02 Å². The normalized spacial score (nSPS) is 21.6. The van der Waals surface area contributed by atoms with E-state index in [0.717, 1.165) is 23.4 Å². The van der Waals surface area contributed by atoms with Crippen molar-refractivity contribution in [2.24, 2.45) is 0 Å². The van der Waals surface area contributed by atoms with Crippen LogP contribution in [-0.2, 0) is 22.5 Å². The van der Waals surface area contributed by atoms with Crippen molar-refractivity contribution in [3.8, 4) is 0 Å². The van der Waals surface area contributed by atoms with Gasteiger partial charge in [0, 0.05) is 30.6 Å². The van der Waals surface area contributed by atoms with Crippen molar-refractivity contribution in [3.05, 3.63) is 64.9 Å². The molecule has 9 heteroatoms. The predicted octanol–water partition coefficient (Wildman–Crippen LogP) is 2.99. The molecule has 3 unspecified atom stereocenters. The van der Waals surface area contributed by atoms with E-state index in [-0.39, 0.29) is 30.6 Å². The molecule has 1 aromatic heterocycles. The summed E-state index contributed by atoms with van der Waals surface area (Å²) in [5, 5.41) is 4.12. The highest BCUT2D eigenvalue weighted by molar-refractivity contribution is 9.10. The Morgan fingerprint density at radius 3 is 2.71 bits per heavy atom. The molecular weight excluding hydrogens is 467 g/mol. The number of pyridine rings is 1. The number of hydrogen-bond acceptors (Lipinski definition) is 5. The van der Waals surface area contributed by atoms with Gasteiger partial charge in [-0.2, -0.15) is 0 Å². The number of alkyl halides is 1. The molecule has 1 fully saturated rings. The zero-order valence-electron chi connectivity index (χ0n) is 15.1. The van der Waals surface area contributed by atoms with Gasteiger partial charge in [0.1, 0.15) is 11.1 Å². The van der Waals surface area contributed by atoms with Crippen LogP contribution in [0, 0.1) is 0 Å². The summed E-state index contributed by atoms with van der Waals surface area (Å²) < 4.78 is 5.99. The van der Waals surface area contributed by atoms with Crippen molar-refractivity contribution in [3.63, 3.8) is 0 Å². The molecule has 0 saturated carbocycles. The van der Waals surface area contributed by atoms with Gasteiger partial charge < -0.3 is 10.1 Å². The number of benzene rings is 1. The van der Waals surface area contributed by atoms with Gasteiger partial charge in [0.25, 0.3) is 0 Å². The third kappa shape index (κ3) is 6.69. The second kappa shape index (κ2) is 11.7. The number of carbonyl (C=O) groups is 1. The molecule has 2 aromatic rings. The number of rotatable bonds is 8. The van der Waals surface area contributed by atoms with Crippen LogP contribution in [0.4, 0.5) is 0 Å². The summed E-state index contributed by atoms with van der Waals surface area (Å²) in [4.78, 5) is 15.7. The van der Waals surface area contributed by atoms with Gasteiger partial charge in [0.15, 0.2) is 0 Å². The zero-order chi connectivity index (χ0) is 19.1. The molecule has 1 aliphatic heterocycles. The average molecular weight is 490 g/mol. The van der Waals surface area contributed by atoms with Gasteiger partial charge in [-0.05, 0) is 42.2 Å². The molecule has 0 aliphatic carbocycles. The summed E-state index contributed by atoms with van der Waals surface area (Å²) in [6.45, 7) is 1.17. The molecule has 1 saturated heterocycles. The first kappa shape index (κ1) is 23.1. The number of aromatic nitrogens is 1. The van der Waals surface area contributed by atoms with Crippen molar-refractivity contribution in [2.45, 2.75) is 36.5 Å². The monoisotopic (exact) mass is 488 g/mol. The minimum absolute atomic E-state index is 0. The Bertz CT molecular complexity index is 736. The van der Waals surface area contributed by atoms with E-state index in [0.29, 0.717) is 13.2 Å². The van der Waals surface area contributed by atoms with Gasteiger partial charge in [0.05, 0.1) is 6.04 Å². The lowest BCUT2D eigenvalue weighted by Gasteiger charge is -2.36. The molecule has 152 valence electrons. The Morgan fingerprint density at radius 1 is 1.21 bits per heavy atom. The van der Waals surface area contributed by atoms with Gasteiger partial charge in [-0.25, -0.2) is 5.43 Å². The van der Waals surface area contributed by atoms with E-state index in [9.17, 15) is 4.79 Å². The molecule has 1 aliphatic rings. The van der Waals surface area contributed by atoms with E-state index in [2.05, 4.69) is 37.1 Å². The molecule has 0 spiro atoms. The van der Waals surface area contributed by atoms with Gasteiger partial charge in [-0.3, -0.25) is 15.2 Å². The SMILES string of the molecule is Cl.O=C1NNC(OCCCc2ccc(Cl)cc2)C(NCc2cccnc2)C1Br. The smallest absolute Gasteiger partial charge is 0.249 e. The lowest BCUT2D eigenvalue weighted by Crippen LogP contribution is -2.67. The molecule has 1 amide bonds. The Morgan fingerprint density at radius 2 is 2.00 bits per heavy atom. The highest BCUT2D eigenvalue weighted by Gasteiger charge is 2.37. The standard InChI is InChI=1S/C19H22BrClN4O2.ClH/c20-16-17(23-12-14-3-1-9-22-11-14)19(25-24-18(16)26)27-10-2-4-13-5-7-15(21)8-6-13;/h1,3,5-9,11,16-17,19,23,25H,2,4,10,12H2,(H,24,26);1H. The number of nitrogens with zero attached hydrogens (tertiary/aromatic N) is 1. The second-order valence-corrected chi connectivity index (χ2v) is 7.75. The summed E-state index contributed by atoms with van der Waals surface area (Å²) >= 11 is 9.37. The number of carbonyl (C=O) groups excluding carboxylic acids is 1. The summed E-state index contributed by atoms with van der Waals surface area (Å²) in [6.07, 6.45) is 4.97. The molecule has 28 heavy (non-hydrogen) atoms. The molecule has 0 radical (unpaired) electrons. The Hall–Kier alpha value is -1.22. The lowest BCUT2D eigenvalue weighted by atomic mass is 10.1. The number of amides is 1. The largest absolute Gasteiger partial charge is 0.360 e. The van der Waals surface area contributed by atoms with E-state index in [1.54, 1.807) is 12.4 Å². The molecule has 0 bridgehead atoms. The van der Waals surface area contributed by atoms with Gasteiger partial charge in [-0.15, -0.1) is 12.4 Å². The Labute approximate surface area is 184 Å². The van der Waals surface area contributed by atoms with Crippen LogP contribution < -0.4 is 16.2 Å². The van der Waals surface area contributed by atoms with E-state index >= 15 is 0 Å². The van der Waals surface area contributed by atoms with Crippen LogP contribution in [0.1, 0.15) is 17.5 Å². The van der Waals surface area contributed by atoms with E-state index in [1.807, 2.05) is 36.4 Å². The van der Waals surface area contributed by atoms with Crippen molar-refractivity contribution >= 4 is 45.8 Å². The van der Waals surface area contributed by atoms with Crippen LogP contribution in [0.15, 0.2) is 48.8 Å². The maximum atomic E-state index is 12.0. The fraction of sp³-hybridized carbons (Fsp3) is 0.368. The van der Waals surface area contributed by atoms with Crippen LogP contribution in [0.5, 0.6) is 0 Å². The fourth-order valence-electron chi connectivity index (χ4n) is 2.85. The highest BCUT2D eigenvalue weighted by Crippen LogP contribution is 2.16. The highest BCUT2D eigenvalue weighted by atomic mass is 79.9. The van der Waals surface area contributed by atoms with Crippen molar-refractivity contribution in [1.82, 2.24) is 21.2 Å². The number of halogens is 3. The number of ether oxygens (including phenoxy) is 1. The molecule has 3 atom stereocenters. The van der Waals surface area contributed by atoms with E-state index in [1.165, 1.54) is 5.56 Å². The van der Waals surface area contributed by atoms with Gasteiger partial charge in [-0.1, -0.05) is 45.7 Å². The number of hydrogen-bond donors (Lipinski definition) is 3. The minimum atomic E-state index is -0.392. The topological polar surface area (TPSA) is 75.3 Å². The third-order valence-corrected chi connectivity index (χ3v) is 5.55.